The van der Waals surface area contributed by atoms with Gasteiger partial charge in [-0.05, 0) is 31.5 Å². The molecule has 0 saturated carbocycles. The number of hydrogen-bond donors (Lipinski definition) is 2. The van der Waals surface area contributed by atoms with Crippen molar-refractivity contribution in [3.63, 3.8) is 0 Å². The van der Waals surface area contributed by atoms with E-state index in [1.165, 1.54) is 0 Å². The van der Waals surface area contributed by atoms with Gasteiger partial charge in [0.15, 0.2) is 6.04 Å². The molecule has 2 aromatic rings. The predicted octanol–water partition coefficient (Wildman–Crippen LogP) is 3.35. The number of rotatable bonds is 8. The van der Waals surface area contributed by atoms with Gasteiger partial charge in [0.25, 0.3) is 0 Å². The molecule has 0 bridgehead atoms. The molecule has 0 aliphatic heterocycles. The normalized spacial score (nSPS) is 11.8. The fourth-order valence-electron chi connectivity index (χ4n) is 2.56. The number of carboxylic acid groups (broad SMARTS) is 1. The minimum atomic E-state index is -1.10. The van der Waals surface area contributed by atoms with E-state index in [0.29, 0.717) is 25.3 Å². The number of methoxy groups -OCH3 is 1. The average molecular weight is 376 g/mol. The fraction of sp³-hybridized carbons (Fsp3) is 0.368. The number of nitrogens with zero attached hydrogens (tertiary/aromatic N) is 1. The van der Waals surface area contributed by atoms with Crippen molar-refractivity contribution < 1.29 is 19.4 Å². The van der Waals surface area contributed by atoms with Gasteiger partial charge in [-0.25, -0.2) is 9.59 Å². The molecule has 1 aromatic heterocycles. The Labute approximate surface area is 157 Å². The summed E-state index contributed by atoms with van der Waals surface area (Å²) < 4.78 is 5.08. The van der Waals surface area contributed by atoms with Gasteiger partial charge in [-0.15, -0.1) is 11.3 Å². The zero-order valence-corrected chi connectivity index (χ0v) is 16.0. The number of benzene rings is 1. The molecule has 26 heavy (non-hydrogen) atoms. The van der Waals surface area contributed by atoms with E-state index in [1.807, 2.05) is 32.0 Å². The lowest BCUT2D eigenvalue weighted by Gasteiger charge is -2.25. The van der Waals surface area contributed by atoms with E-state index >= 15 is 0 Å². The molecule has 1 heterocycles. The van der Waals surface area contributed by atoms with E-state index in [1.54, 1.807) is 41.5 Å². The number of hydrogen-bond acceptors (Lipinski definition) is 4. The third-order valence-corrected chi connectivity index (χ3v) is 4.87. The summed E-state index contributed by atoms with van der Waals surface area (Å²) in [4.78, 5) is 28.2. The number of carboxylic acids is 1. The molecular weight excluding hydrogens is 352 g/mol. The molecule has 2 amide bonds. The zero-order chi connectivity index (χ0) is 19.1. The summed E-state index contributed by atoms with van der Waals surface area (Å²) in [6.07, 6.45) is 0. The van der Waals surface area contributed by atoms with Crippen LogP contribution >= 0.6 is 11.3 Å². The van der Waals surface area contributed by atoms with Gasteiger partial charge in [-0.2, -0.15) is 0 Å². The number of carbonyl (C=O) groups is 2. The second-order valence-electron chi connectivity index (χ2n) is 6.06. The van der Waals surface area contributed by atoms with Gasteiger partial charge in [0.2, 0.25) is 0 Å². The molecule has 1 atom stereocenters. The molecule has 1 aromatic carbocycles. The summed E-state index contributed by atoms with van der Waals surface area (Å²) in [6, 6.07) is 9.58. The van der Waals surface area contributed by atoms with Crippen molar-refractivity contribution in [3.05, 3.63) is 57.3 Å². The van der Waals surface area contributed by atoms with Gasteiger partial charge in [0, 0.05) is 23.4 Å². The molecule has 6 nitrogen and oxygen atoms in total. The van der Waals surface area contributed by atoms with E-state index in [9.17, 15) is 14.7 Å². The zero-order valence-electron chi connectivity index (χ0n) is 15.2. The third kappa shape index (κ3) is 5.57. The van der Waals surface area contributed by atoms with Crippen LogP contribution in [0.25, 0.3) is 0 Å². The van der Waals surface area contributed by atoms with Crippen LogP contribution in [0.4, 0.5) is 4.79 Å². The van der Waals surface area contributed by atoms with Crippen molar-refractivity contribution in [2.45, 2.75) is 26.4 Å². The Morgan fingerprint density at radius 2 is 2.04 bits per heavy atom. The van der Waals surface area contributed by atoms with Crippen molar-refractivity contribution in [2.24, 2.45) is 0 Å². The molecule has 2 N–H and O–H groups in total. The van der Waals surface area contributed by atoms with Crippen LogP contribution in [-0.2, 0) is 16.1 Å². The standard InChI is InChI=1S/C19H24N2O4S/c1-13-5-4-6-15(11-13)17(18(22)23)20-19(24)21(9-10-25-3)12-16-8-7-14(2)26-16/h4-8,11,17H,9-10,12H2,1-3H3,(H,20,24)(H,22,23)/t17-/m1/s1. The van der Waals surface area contributed by atoms with E-state index in [0.717, 1.165) is 15.3 Å². The van der Waals surface area contributed by atoms with Gasteiger partial charge in [-0.3, -0.25) is 0 Å². The van der Waals surface area contributed by atoms with E-state index < -0.39 is 18.0 Å². The minimum absolute atomic E-state index is 0.374. The van der Waals surface area contributed by atoms with E-state index in [4.69, 9.17) is 4.74 Å². The molecule has 7 heteroatoms. The Balaban J connectivity index is 2.15. The van der Waals surface area contributed by atoms with Crippen LogP contribution < -0.4 is 5.32 Å². The van der Waals surface area contributed by atoms with Crippen molar-refractivity contribution >= 4 is 23.3 Å². The molecule has 0 aliphatic carbocycles. The second kappa shape index (κ2) is 9.35. The van der Waals surface area contributed by atoms with Crippen LogP contribution in [0.1, 0.15) is 26.9 Å². The van der Waals surface area contributed by atoms with Crippen molar-refractivity contribution in [1.82, 2.24) is 10.2 Å². The summed E-state index contributed by atoms with van der Waals surface area (Å²) in [5.74, 6) is -1.09. The van der Waals surface area contributed by atoms with Crippen molar-refractivity contribution in [3.8, 4) is 0 Å². The Hall–Kier alpha value is -2.38. The van der Waals surface area contributed by atoms with E-state index in [2.05, 4.69) is 5.32 Å². The topological polar surface area (TPSA) is 78.9 Å². The molecular formula is C19H24N2O4S. The highest BCUT2D eigenvalue weighted by molar-refractivity contribution is 7.11. The molecule has 0 spiro atoms. The first-order valence-corrected chi connectivity index (χ1v) is 9.11. The van der Waals surface area contributed by atoms with Gasteiger partial charge in [-0.1, -0.05) is 29.8 Å². The van der Waals surface area contributed by atoms with Gasteiger partial charge in [0.05, 0.1) is 13.2 Å². The summed E-state index contributed by atoms with van der Waals surface area (Å²) in [5.41, 5.74) is 1.48. The Bertz CT molecular complexity index is 760. The van der Waals surface area contributed by atoms with Crippen LogP contribution in [0.3, 0.4) is 0 Å². The SMILES string of the molecule is COCCN(Cc1ccc(C)s1)C(=O)N[C@@H](C(=O)O)c1cccc(C)c1. The molecule has 140 valence electrons. The first-order chi connectivity index (χ1) is 12.4. The quantitative estimate of drug-likeness (QED) is 0.741. The van der Waals surface area contributed by atoms with Gasteiger partial charge < -0.3 is 20.1 Å². The molecule has 2 rings (SSSR count). The number of aliphatic carboxylic acids is 1. The maximum absolute atomic E-state index is 12.7. The monoisotopic (exact) mass is 376 g/mol. The number of carbonyl (C=O) groups excluding carboxylic acids is 1. The fourth-order valence-corrected chi connectivity index (χ4v) is 3.47. The first kappa shape index (κ1) is 19.9. The highest BCUT2D eigenvalue weighted by Gasteiger charge is 2.25. The molecule has 0 unspecified atom stereocenters. The predicted molar refractivity (Wildman–Crippen MR) is 101 cm³/mol. The lowest BCUT2D eigenvalue weighted by Crippen LogP contribution is -2.44. The smallest absolute Gasteiger partial charge is 0.330 e. The Morgan fingerprint density at radius 3 is 2.62 bits per heavy atom. The Kier molecular flexibility index (Phi) is 7.17. The average Bonchev–Trinajstić information content (AvgIpc) is 3.00. The highest BCUT2D eigenvalue weighted by Crippen LogP contribution is 2.19. The molecule has 0 saturated heterocycles. The first-order valence-electron chi connectivity index (χ1n) is 8.29. The number of amides is 2. The van der Waals surface area contributed by atoms with Crippen LogP contribution in [0.5, 0.6) is 0 Å². The summed E-state index contributed by atoms with van der Waals surface area (Å²) >= 11 is 1.61. The summed E-state index contributed by atoms with van der Waals surface area (Å²) in [5, 5.41) is 12.2. The second-order valence-corrected chi connectivity index (χ2v) is 7.43. The van der Waals surface area contributed by atoms with Crippen LogP contribution in [0, 0.1) is 13.8 Å². The van der Waals surface area contributed by atoms with Crippen molar-refractivity contribution in [2.75, 3.05) is 20.3 Å². The minimum Gasteiger partial charge on any atom is -0.479 e. The van der Waals surface area contributed by atoms with Crippen LogP contribution in [-0.4, -0.2) is 42.3 Å². The van der Waals surface area contributed by atoms with Crippen LogP contribution in [0.2, 0.25) is 0 Å². The molecule has 0 fully saturated rings. The number of nitrogens with one attached hydrogen (secondary N) is 1. The maximum atomic E-state index is 12.7. The number of aryl methyl sites for hydroxylation is 2. The van der Waals surface area contributed by atoms with Gasteiger partial charge in [0.1, 0.15) is 0 Å². The molecule has 0 aliphatic rings. The summed E-state index contributed by atoms with van der Waals surface area (Å²) in [6.45, 7) is 5.05. The van der Waals surface area contributed by atoms with E-state index in [-0.39, 0.29) is 0 Å². The summed E-state index contributed by atoms with van der Waals surface area (Å²) in [7, 11) is 1.57. The number of urea groups is 1. The largest absolute Gasteiger partial charge is 0.479 e. The van der Waals surface area contributed by atoms with Crippen molar-refractivity contribution in [1.29, 1.82) is 0 Å². The van der Waals surface area contributed by atoms with Crippen LogP contribution in [0.15, 0.2) is 36.4 Å². The third-order valence-electron chi connectivity index (χ3n) is 3.89. The Morgan fingerprint density at radius 1 is 1.27 bits per heavy atom. The number of thiophene rings is 1. The lowest BCUT2D eigenvalue weighted by atomic mass is 10.0. The number of ether oxygens (including phenoxy) is 1. The lowest BCUT2D eigenvalue weighted by molar-refractivity contribution is -0.139. The highest BCUT2D eigenvalue weighted by atomic mass is 32.1. The molecule has 0 radical (unpaired) electrons. The van der Waals surface area contributed by atoms with Gasteiger partial charge >= 0.3 is 12.0 Å². The maximum Gasteiger partial charge on any atom is 0.330 e.